The van der Waals surface area contributed by atoms with E-state index < -0.39 is 12.1 Å². The molecule has 0 heterocycles. The Labute approximate surface area is 150 Å². The van der Waals surface area contributed by atoms with Crippen LogP contribution in [-0.4, -0.2) is 33.4 Å². The molecule has 6 nitrogen and oxygen atoms in total. The summed E-state index contributed by atoms with van der Waals surface area (Å²) in [6, 6.07) is 5.15. The molecule has 25 heavy (non-hydrogen) atoms. The monoisotopic (exact) mass is 370 g/mol. The van der Waals surface area contributed by atoms with E-state index in [-0.39, 0.29) is 35.4 Å². The van der Waals surface area contributed by atoms with Crippen molar-refractivity contribution in [1.82, 2.24) is 0 Å². The molecule has 1 fully saturated rings. The summed E-state index contributed by atoms with van der Waals surface area (Å²) in [6.45, 7) is 7.36. The standard InChI is InChI=1S/C14H16O4.C2H5O2P.C2H6/c1-7-9-3-2-8(15)4-10(9)13-11(16)5-14(7,13)6-12(17)18;1-2(3)4-5;1-2/h2-4,7,11,13,15-16H,5-6H2,1H3,(H,17,18);5H2,1H3;1-2H3. The van der Waals surface area contributed by atoms with Gasteiger partial charge in [-0.15, -0.1) is 0 Å². The number of carbonyl (C=O) groups excluding carboxylic acids is 1. The zero-order valence-corrected chi connectivity index (χ0v) is 16.2. The molecule has 5 atom stereocenters. The van der Waals surface area contributed by atoms with E-state index in [1.54, 1.807) is 12.1 Å². The molecule has 7 heteroatoms. The van der Waals surface area contributed by atoms with Gasteiger partial charge < -0.3 is 19.8 Å². The number of hydrogen-bond acceptors (Lipinski definition) is 5. The van der Waals surface area contributed by atoms with E-state index in [1.165, 1.54) is 6.92 Å². The minimum Gasteiger partial charge on any atom is -0.508 e. The molecule has 2 aliphatic rings. The number of phenols is 1. The molecule has 3 rings (SSSR count). The van der Waals surface area contributed by atoms with Gasteiger partial charge in [0.2, 0.25) is 0 Å². The van der Waals surface area contributed by atoms with Gasteiger partial charge in [-0.1, -0.05) is 26.8 Å². The maximum Gasteiger partial charge on any atom is 0.304 e. The summed E-state index contributed by atoms with van der Waals surface area (Å²) in [7, 11) is 1.84. The zero-order chi connectivity index (χ0) is 19.4. The number of benzene rings is 1. The van der Waals surface area contributed by atoms with Crippen LogP contribution in [0.3, 0.4) is 0 Å². The Balaban J connectivity index is 0.000000388. The first-order valence-electron chi connectivity index (χ1n) is 8.33. The second-order valence-electron chi connectivity index (χ2n) is 6.20. The second kappa shape index (κ2) is 8.63. The first-order valence-corrected chi connectivity index (χ1v) is 8.80. The van der Waals surface area contributed by atoms with Crippen LogP contribution in [0.2, 0.25) is 0 Å². The molecule has 0 spiro atoms. The summed E-state index contributed by atoms with van der Waals surface area (Å²) >= 11 is 0. The molecule has 1 aromatic carbocycles. The van der Waals surface area contributed by atoms with Crippen LogP contribution in [0.25, 0.3) is 0 Å². The van der Waals surface area contributed by atoms with Crippen molar-refractivity contribution in [3.8, 4) is 5.75 Å². The minimum atomic E-state index is -0.823. The van der Waals surface area contributed by atoms with E-state index in [2.05, 4.69) is 4.52 Å². The first-order chi connectivity index (χ1) is 11.7. The van der Waals surface area contributed by atoms with Crippen LogP contribution in [-0.2, 0) is 14.1 Å². The Bertz CT molecular complexity index is 632. The molecule has 0 aromatic heterocycles. The van der Waals surface area contributed by atoms with E-state index in [0.29, 0.717) is 6.42 Å². The van der Waals surface area contributed by atoms with Gasteiger partial charge in [0.15, 0.2) is 0 Å². The third-order valence-electron chi connectivity index (χ3n) is 4.97. The number of hydrogen-bond donors (Lipinski definition) is 3. The number of aliphatic hydroxyl groups is 1. The van der Waals surface area contributed by atoms with Crippen LogP contribution in [0.4, 0.5) is 0 Å². The maximum absolute atomic E-state index is 11.1. The fraction of sp³-hybridized carbons (Fsp3) is 0.556. The lowest BCUT2D eigenvalue weighted by Crippen LogP contribution is -2.49. The topological polar surface area (TPSA) is 104 Å². The average molecular weight is 370 g/mol. The Morgan fingerprint density at radius 2 is 1.88 bits per heavy atom. The average Bonchev–Trinajstić information content (AvgIpc) is 2.72. The fourth-order valence-electron chi connectivity index (χ4n) is 3.97. The van der Waals surface area contributed by atoms with E-state index >= 15 is 0 Å². The van der Waals surface area contributed by atoms with Crippen LogP contribution in [0.1, 0.15) is 63.5 Å². The molecule has 1 saturated carbocycles. The third-order valence-corrected chi connectivity index (χ3v) is 5.31. The van der Waals surface area contributed by atoms with Crippen molar-refractivity contribution in [3.63, 3.8) is 0 Å². The first kappa shape index (κ1) is 21.4. The van der Waals surface area contributed by atoms with Gasteiger partial charge in [0.05, 0.1) is 22.0 Å². The molecular weight excluding hydrogens is 343 g/mol. The van der Waals surface area contributed by atoms with Crippen molar-refractivity contribution in [1.29, 1.82) is 0 Å². The number of carbonyl (C=O) groups is 2. The summed E-state index contributed by atoms with van der Waals surface area (Å²) in [5.41, 5.74) is 1.61. The Hall–Kier alpha value is -1.65. The van der Waals surface area contributed by atoms with Gasteiger partial charge in [0, 0.05) is 12.8 Å². The molecule has 0 amide bonds. The summed E-state index contributed by atoms with van der Waals surface area (Å²) in [5, 5.41) is 28.6. The third kappa shape index (κ3) is 4.13. The number of aliphatic carboxylic acids is 1. The molecule has 3 N–H and O–H groups in total. The van der Waals surface area contributed by atoms with Crippen LogP contribution >= 0.6 is 9.47 Å². The van der Waals surface area contributed by atoms with E-state index in [4.69, 9.17) is 5.11 Å². The molecular formula is C18H27O6P. The Morgan fingerprint density at radius 1 is 1.32 bits per heavy atom. The highest BCUT2D eigenvalue weighted by Gasteiger charge is 2.62. The summed E-state index contributed by atoms with van der Waals surface area (Å²) in [6.07, 6.45) is 0.112. The van der Waals surface area contributed by atoms with E-state index in [1.807, 2.05) is 36.3 Å². The number of carboxylic acids is 1. The summed E-state index contributed by atoms with van der Waals surface area (Å²) in [4.78, 5) is 20.6. The van der Waals surface area contributed by atoms with Gasteiger partial charge in [-0.3, -0.25) is 9.59 Å². The summed E-state index contributed by atoms with van der Waals surface area (Å²) < 4.78 is 4.03. The number of rotatable bonds is 2. The van der Waals surface area contributed by atoms with Crippen LogP contribution in [0.5, 0.6) is 5.75 Å². The van der Waals surface area contributed by atoms with E-state index in [9.17, 15) is 19.8 Å². The van der Waals surface area contributed by atoms with Crippen LogP contribution < -0.4 is 0 Å². The van der Waals surface area contributed by atoms with Gasteiger partial charge in [-0.25, -0.2) is 0 Å². The second-order valence-corrected chi connectivity index (χ2v) is 6.43. The lowest BCUT2D eigenvalue weighted by Gasteiger charge is -2.51. The van der Waals surface area contributed by atoms with Crippen molar-refractivity contribution in [2.45, 2.75) is 58.5 Å². The Morgan fingerprint density at radius 3 is 2.32 bits per heavy atom. The predicted octanol–water partition coefficient (Wildman–Crippen LogP) is 3.18. The summed E-state index contributed by atoms with van der Waals surface area (Å²) in [5.74, 6) is -0.972. The van der Waals surface area contributed by atoms with E-state index in [0.717, 1.165) is 11.1 Å². The minimum absolute atomic E-state index is 0.0747. The molecule has 140 valence electrons. The highest BCUT2D eigenvalue weighted by atomic mass is 31.0. The van der Waals surface area contributed by atoms with Gasteiger partial charge >= 0.3 is 11.9 Å². The lowest BCUT2D eigenvalue weighted by atomic mass is 9.54. The molecule has 0 bridgehead atoms. The smallest absolute Gasteiger partial charge is 0.304 e. The highest BCUT2D eigenvalue weighted by molar-refractivity contribution is 7.10. The quantitative estimate of drug-likeness (QED) is 0.691. The Kier molecular flexibility index (Phi) is 7.39. The zero-order valence-electron chi connectivity index (χ0n) is 15.0. The molecule has 0 saturated heterocycles. The van der Waals surface area contributed by atoms with Crippen molar-refractivity contribution in [2.75, 3.05) is 0 Å². The predicted molar refractivity (Wildman–Crippen MR) is 97.4 cm³/mol. The van der Waals surface area contributed by atoms with Gasteiger partial charge in [-0.2, -0.15) is 0 Å². The van der Waals surface area contributed by atoms with Crippen molar-refractivity contribution in [3.05, 3.63) is 29.3 Å². The normalized spacial score (nSPS) is 28.0. The number of carboxylic acid groups (broad SMARTS) is 1. The van der Waals surface area contributed by atoms with Gasteiger partial charge in [-0.05, 0) is 41.0 Å². The van der Waals surface area contributed by atoms with Gasteiger partial charge in [0.1, 0.15) is 5.75 Å². The van der Waals surface area contributed by atoms with Crippen LogP contribution in [0, 0.1) is 5.41 Å². The van der Waals surface area contributed by atoms with Crippen molar-refractivity contribution in [2.24, 2.45) is 5.41 Å². The number of aromatic hydroxyl groups is 1. The van der Waals surface area contributed by atoms with Crippen molar-refractivity contribution >= 4 is 21.4 Å². The fourth-order valence-corrected chi connectivity index (χ4v) is 3.97. The molecule has 0 aliphatic heterocycles. The van der Waals surface area contributed by atoms with Crippen LogP contribution in [0.15, 0.2) is 18.2 Å². The molecule has 2 aliphatic carbocycles. The number of aliphatic hydroxyl groups excluding tert-OH is 1. The number of fused-ring (bicyclic) bond motifs is 3. The molecule has 1 aromatic rings. The largest absolute Gasteiger partial charge is 0.508 e. The maximum atomic E-state index is 11.1. The van der Waals surface area contributed by atoms with Crippen molar-refractivity contribution < 1.29 is 29.4 Å². The van der Waals surface area contributed by atoms with Gasteiger partial charge in [0.25, 0.3) is 0 Å². The lowest BCUT2D eigenvalue weighted by molar-refractivity contribution is -0.147. The highest BCUT2D eigenvalue weighted by Crippen LogP contribution is 2.68. The molecule has 5 unspecified atom stereocenters. The SMILES string of the molecule is CC.CC(=O)OP.CC1c2ccc(O)cc2C2C(O)CC12CC(=O)O. The number of phenolic OH excluding ortho intramolecular Hbond substituents is 1. The molecule has 0 radical (unpaired) electrons.